The molecule has 1 aliphatic rings. The van der Waals surface area contributed by atoms with Gasteiger partial charge in [0.15, 0.2) is 0 Å². The first-order chi connectivity index (χ1) is 13.5. The third-order valence-electron chi connectivity index (χ3n) is 4.68. The van der Waals surface area contributed by atoms with Crippen LogP contribution in [0.25, 0.3) is 16.8 Å². The minimum Gasteiger partial charge on any atom is -0.492 e. The molecule has 1 saturated heterocycles. The maximum atomic E-state index is 6.51. The molecule has 5 N–H and O–H groups in total. The highest BCUT2D eigenvalue weighted by Crippen LogP contribution is 2.37. The average molecular weight is 419 g/mol. The molecule has 0 unspecified atom stereocenters. The number of rotatable bonds is 5. The van der Waals surface area contributed by atoms with Gasteiger partial charge in [-0.25, -0.2) is 0 Å². The lowest BCUT2D eigenvalue weighted by Gasteiger charge is -2.14. The summed E-state index contributed by atoms with van der Waals surface area (Å²) in [5.41, 5.74) is 13.6. The summed E-state index contributed by atoms with van der Waals surface area (Å²) in [4.78, 5) is 3.89. The van der Waals surface area contributed by atoms with Gasteiger partial charge in [0.25, 0.3) is 0 Å². The molecule has 0 amide bonds. The summed E-state index contributed by atoms with van der Waals surface area (Å²) < 4.78 is 7.25. The van der Waals surface area contributed by atoms with E-state index in [0.29, 0.717) is 28.4 Å². The van der Waals surface area contributed by atoms with Crippen LogP contribution in [-0.2, 0) is 0 Å². The number of hydrogen-bond donors (Lipinski definition) is 3. The summed E-state index contributed by atoms with van der Waals surface area (Å²) in [6.45, 7) is 1.73. The van der Waals surface area contributed by atoms with Crippen molar-refractivity contribution in [3.05, 3.63) is 46.4 Å². The van der Waals surface area contributed by atoms with Crippen LogP contribution in [0.5, 0.6) is 5.75 Å². The van der Waals surface area contributed by atoms with Gasteiger partial charge in [-0.3, -0.25) is 0 Å². The van der Waals surface area contributed by atoms with E-state index in [1.54, 1.807) is 12.1 Å². The van der Waals surface area contributed by atoms with Crippen molar-refractivity contribution in [2.24, 2.45) is 0 Å². The number of ether oxygens (including phenoxy) is 1. The number of nitrogens with zero attached hydrogens (tertiary/aromatic N) is 3. The van der Waals surface area contributed by atoms with Gasteiger partial charge >= 0.3 is 0 Å². The Morgan fingerprint density at radius 2 is 1.86 bits per heavy atom. The molecule has 146 valence electrons. The first-order valence-electron chi connectivity index (χ1n) is 8.95. The average Bonchev–Trinajstić information content (AvgIpc) is 3.29. The third kappa shape index (κ3) is 3.87. The molecule has 1 aliphatic heterocycles. The van der Waals surface area contributed by atoms with Gasteiger partial charge in [0.1, 0.15) is 12.4 Å². The molecule has 9 heteroatoms. The number of hydrogen-bond acceptors (Lipinski definition) is 6. The lowest BCUT2D eigenvalue weighted by Crippen LogP contribution is -2.28. The molecule has 1 aromatic heterocycles. The van der Waals surface area contributed by atoms with Crippen LogP contribution in [0.15, 0.2) is 36.4 Å². The van der Waals surface area contributed by atoms with E-state index in [-0.39, 0.29) is 11.9 Å². The molecule has 3 aromatic rings. The number of nitrogens with one attached hydrogen (secondary N) is 1. The second-order valence-corrected chi connectivity index (χ2v) is 7.47. The Labute approximate surface area is 172 Å². The molecule has 0 saturated carbocycles. The second-order valence-electron chi connectivity index (χ2n) is 6.65. The molecular weight excluding hydrogens is 399 g/mol. The van der Waals surface area contributed by atoms with Gasteiger partial charge in [0, 0.05) is 11.6 Å². The molecule has 0 radical (unpaired) electrons. The summed E-state index contributed by atoms with van der Waals surface area (Å²) in [6, 6.07) is 11.6. The first kappa shape index (κ1) is 18.9. The Morgan fingerprint density at radius 1 is 1.14 bits per heavy atom. The van der Waals surface area contributed by atoms with Crippen LogP contribution in [0.2, 0.25) is 10.0 Å². The van der Waals surface area contributed by atoms with E-state index < -0.39 is 0 Å². The maximum Gasteiger partial charge on any atom is 0.241 e. The standard InChI is InChI=1S/C19H20Cl2N6O/c20-15-8-13(27-19(23)25-18(22)26-27)9-16(21)17(15)11-3-5-14(6-4-11)28-10-12-2-1-7-24-12/h3-6,8-9,12,24H,1-2,7,10H2,(H4,22,23,25,26)/t12-/m0/s1. The van der Waals surface area contributed by atoms with Gasteiger partial charge in [0.2, 0.25) is 11.9 Å². The molecular formula is C19H20Cl2N6O. The minimum absolute atomic E-state index is 0.0808. The van der Waals surface area contributed by atoms with Crippen molar-refractivity contribution in [2.75, 3.05) is 24.6 Å². The van der Waals surface area contributed by atoms with Gasteiger partial charge in [-0.15, -0.1) is 5.10 Å². The molecule has 0 aliphatic carbocycles. The van der Waals surface area contributed by atoms with Crippen LogP contribution in [0.4, 0.5) is 11.9 Å². The quantitative estimate of drug-likeness (QED) is 0.585. The Bertz CT molecular complexity index is 960. The van der Waals surface area contributed by atoms with Crippen LogP contribution >= 0.6 is 23.2 Å². The number of nitrogens with two attached hydrogens (primary N) is 2. The molecule has 28 heavy (non-hydrogen) atoms. The van der Waals surface area contributed by atoms with Crippen molar-refractivity contribution in [3.8, 4) is 22.6 Å². The second kappa shape index (κ2) is 7.87. The van der Waals surface area contributed by atoms with Crippen LogP contribution in [0, 0.1) is 0 Å². The molecule has 1 fully saturated rings. The molecule has 0 spiro atoms. The molecule has 7 nitrogen and oxygen atoms in total. The number of halogens is 2. The normalized spacial score (nSPS) is 16.4. The minimum atomic E-state index is 0.0808. The highest BCUT2D eigenvalue weighted by molar-refractivity contribution is 6.39. The fourth-order valence-electron chi connectivity index (χ4n) is 3.30. The fraction of sp³-hybridized carbons (Fsp3) is 0.263. The van der Waals surface area contributed by atoms with Crippen LogP contribution in [-0.4, -0.2) is 34.0 Å². The first-order valence-corrected chi connectivity index (χ1v) is 9.71. The van der Waals surface area contributed by atoms with E-state index in [1.165, 1.54) is 11.1 Å². The van der Waals surface area contributed by atoms with Gasteiger partial charge in [-0.1, -0.05) is 35.3 Å². The topological polar surface area (TPSA) is 104 Å². The van der Waals surface area contributed by atoms with E-state index in [2.05, 4.69) is 15.4 Å². The smallest absolute Gasteiger partial charge is 0.241 e. The molecule has 0 bridgehead atoms. The van der Waals surface area contributed by atoms with Crippen molar-refractivity contribution in [3.63, 3.8) is 0 Å². The SMILES string of the molecule is Nc1nc(N)n(-c2cc(Cl)c(-c3ccc(OC[C@@H]4CCCN4)cc3)c(Cl)c2)n1. The van der Waals surface area contributed by atoms with E-state index in [9.17, 15) is 0 Å². The molecule has 1 atom stereocenters. The van der Waals surface area contributed by atoms with Gasteiger partial charge < -0.3 is 21.5 Å². The molecule has 2 heterocycles. The zero-order chi connectivity index (χ0) is 19.7. The van der Waals surface area contributed by atoms with Crippen molar-refractivity contribution in [1.29, 1.82) is 0 Å². The van der Waals surface area contributed by atoms with Crippen LogP contribution < -0.4 is 21.5 Å². The van der Waals surface area contributed by atoms with Gasteiger partial charge in [-0.2, -0.15) is 9.67 Å². The van der Waals surface area contributed by atoms with E-state index in [0.717, 1.165) is 29.8 Å². The third-order valence-corrected chi connectivity index (χ3v) is 5.27. The van der Waals surface area contributed by atoms with Crippen LogP contribution in [0.3, 0.4) is 0 Å². The summed E-state index contributed by atoms with van der Waals surface area (Å²) in [7, 11) is 0. The van der Waals surface area contributed by atoms with E-state index >= 15 is 0 Å². The van der Waals surface area contributed by atoms with E-state index in [1.807, 2.05) is 24.3 Å². The van der Waals surface area contributed by atoms with Crippen LogP contribution in [0.1, 0.15) is 12.8 Å². The highest BCUT2D eigenvalue weighted by atomic mass is 35.5. The Hall–Kier alpha value is -2.48. The monoisotopic (exact) mass is 418 g/mol. The van der Waals surface area contributed by atoms with Gasteiger partial charge in [-0.05, 0) is 49.2 Å². The predicted molar refractivity (Wildman–Crippen MR) is 112 cm³/mol. The lowest BCUT2D eigenvalue weighted by molar-refractivity contribution is 0.277. The summed E-state index contributed by atoms with van der Waals surface area (Å²) in [5.74, 6) is 1.06. The zero-order valence-electron chi connectivity index (χ0n) is 15.0. The summed E-state index contributed by atoms with van der Waals surface area (Å²) in [5, 5.41) is 8.41. The number of aromatic nitrogens is 3. The molecule has 4 rings (SSSR count). The summed E-state index contributed by atoms with van der Waals surface area (Å²) >= 11 is 13.0. The maximum absolute atomic E-state index is 6.51. The largest absolute Gasteiger partial charge is 0.492 e. The Balaban J connectivity index is 1.56. The van der Waals surface area contributed by atoms with Crippen molar-refractivity contribution in [1.82, 2.24) is 20.1 Å². The zero-order valence-corrected chi connectivity index (χ0v) is 16.5. The van der Waals surface area contributed by atoms with E-state index in [4.69, 9.17) is 39.4 Å². The lowest BCUT2D eigenvalue weighted by atomic mass is 10.0. The van der Waals surface area contributed by atoms with Crippen molar-refractivity contribution in [2.45, 2.75) is 18.9 Å². The molecule has 2 aromatic carbocycles. The number of benzene rings is 2. The number of nitrogen functional groups attached to an aromatic ring is 2. The van der Waals surface area contributed by atoms with Crippen molar-refractivity contribution >= 4 is 35.1 Å². The van der Waals surface area contributed by atoms with Crippen molar-refractivity contribution < 1.29 is 4.74 Å². The fourth-order valence-corrected chi connectivity index (χ4v) is 4.00. The highest BCUT2D eigenvalue weighted by Gasteiger charge is 2.16. The summed E-state index contributed by atoms with van der Waals surface area (Å²) in [6.07, 6.45) is 2.35. The Kier molecular flexibility index (Phi) is 5.30. The predicted octanol–water partition coefficient (Wildman–Crippen LogP) is 3.54. The van der Waals surface area contributed by atoms with Gasteiger partial charge in [0.05, 0.1) is 15.7 Å². The Morgan fingerprint density at radius 3 is 2.43 bits per heavy atom. The number of anilines is 2.